The minimum atomic E-state index is -0.494. The maximum absolute atomic E-state index is 12.7. The van der Waals surface area contributed by atoms with Crippen molar-refractivity contribution in [3.63, 3.8) is 0 Å². The van der Waals surface area contributed by atoms with Gasteiger partial charge in [-0.3, -0.25) is 24.6 Å². The number of nitrogens with zero attached hydrogens (tertiary/aromatic N) is 2. The van der Waals surface area contributed by atoms with Crippen molar-refractivity contribution in [3.05, 3.63) is 91.0 Å². The molecule has 10 heteroatoms. The number of carbonyl (C=O) groups is 2. The molecule has 2 aromatic carbocycles. The summed E-state index contributed by atoms with van der Waals surface area (Å²) >= 11 is 12.7. The van der Waals surface area contributed by atoms with Crippen LogP contribution in [0.4, 0.5) is 10.5 Å². The molecule has 0 bridgehead atoms. The van der Waals surface area contributed by atoms with Gasteiger partial charge in [0, 0.05) is 12.1 Å². The Kier molecular flexibility index (Phi) is 5.86. The Bertz CT molecular complexity index is 1250. The number of amides is 2. The van der Waals surface area contributed by atoms with Crippen molar-refractivity contribution in [2.75, 3.05) is 0 Å². The summed E-state index contributed by atoms with van der Waals surface area (Å²) in [5, 5.41) is 11.5. The molecule has 4 rings (SSSR count). The Hall–Kier alpha value is -3.07. The van der Waals surface area contributed by atoms with Gasteiger partial charge < -0.3 is 4.42 Å². The van der Waals surface area contributed by atoms with Gasteiger partial charge in [0.1, 0.15) is 11.5 Å². The van der Waals surface area contributed by atoms with Crippen LogP contribution in [-0.4, -0.2) is 21.0 Å². The molecule has 31 heavy (non-hydrogen) atoms. The summed E-state index contributed by atoms with van der Waals surface area (Å²) in [4.78, 5) is 37.1. The lowest BCUT2D eigenvalue weighted by molar-refractivity contribution is -0.384. The first kappa shape index (κ1) is 21.2. The summed E-state index contributed by atoms with van der Waals surface area (Å²) in [6.07, 6.45) is 1.44. The van der Waals surface area contributed by atoms with Crippen LogP contribution >= 0.6 is 35.0 Å². The van der Waals surface area contributed by atoms with Crippen LogP contribution in [0, 0.1) is 10.1 Å². The van der Waals surface area contributed by atoms with Crippen molar-refractivity contribution < 1.29 is 18.9 Å². The van der Waals surface area contributed by atoms with E-state index in [-0.39, 0.29) is 22.9 Å². The molecular weight excluding hydrogens is 463 g/mol. The topological polar surface area (TPSA) is 93.7 Å². The largest absolute Gasteiger partial charge is 0.456 e. The van der Waals surface area contributed by atoms with E-state index >= 15 is 0 Å². The first-order valence-corrected chi connectivity index (χ1v) is 10.4. The highest BCUT2D eigenvalue weighted by atomic mass is 35.5. The SMILES string of the molecule is O=C1S/C(=C/c2ccc(-c3ccccc3[N+](=O)[O-])o2)C(=O)N1Cc1ccc(Cl)c(Cl)c1. The minimum absolute atomic E-state index is 0.0541. The predicted octanol–water partition coefficient (Wildman–Crippen LogP) is 6.40. The average Bonchev–Trinajstić information content (AvgIpc) is 3.31. The highest BCUT2D eigenvalue weighted by Crippen LogP contribution is 2.36. The molecule has 7 nitrogen and oxygen atoms in total. The highest BCUT2D eigenvalue weighted by molar-refractivity contribution is 8.18. The van der Waals surface area contributed by atoms with Gasteiger partial charge in [0.15, 0.2) is 0 Å². The molecule has 3 aromatic rings. The summed E-state index contributed by atoms with van der Waals surface area (Å²) in [5.74, 6) is 0.117. The van der Waals surface area contributed by atoms with Crippen molar-refractivity contribution in [2.45, 2.75) is 6.54 Å². The first-order chi connectivity index (χ1) is 14.8. The zero-order valence-corrected chi connectivity index (χ0v) is 17.9. The fraction of sp³-hybridized carbons (Fsp3) is 0.0476. The van der Waals surface area contributed by atoms with E-state index in [1.807, 2.05) is 0 Å². The number of thioether (sulfide) groups is 1. The monoisotopic (exact) mass is 474 g/mol. The second-order valence-electron chi connectivity index (χ2n) is 6.49. The van der Waals surface area contributed by atoms with E-state index in [1.165, 1.54) is 12.1 Å². The lowest BCUT2D eigenvalue weighted by Gasteiger charge is -2.12. The van der Waals surface area contributed by atoms with Gasteiger partial charge in [-0.1, -0.05) is 41.4 Å². The van der Waals surface area contributed by atoms with Gasteiger partial charge in [-0.2, -0.15) is 0 Å². The summed E-state index contributed by atoms with van der Waals surface area (Å²) in [6, 6.07) is 14.2. The maximum Gasteiger partial charge on any atom is 0.293 e. The van der Waals surface area contributed by atoms with Crippen molar-refractivity contribution in [3.8, 4) is 11.3 Å². The Balaban J connectivity index is 1.56. The van der Waals surface area contributed by atoms with Gasteiger partial charge >= 0.3 is 0 Å². The number of halogens is 2. The molecule has 0 saturated carbocycles. The number of hydrogen-bond donors (Lipinski definition) is 0. The molecular formula is C21H12Cl2N2O5S. The number of carbonyl (C=O) groups excluding carboxylic acids is 2. The summed E-state index contributed by atoms with van der Waals surface area (Å²) < 4.78 is 5.68. The quantitative estimate of drug-likeness (QED) is 0.241. The third kappa shape index (κ3) is 4.36. The molecule has 0 N–H and O–H groups in total. The molecule has 1 aromatic heterocycles. The van der Waals surface area contributed by atoms with Crippen molar-refractivity contribution in [1.82, 2.24) is 4.90 Å². The second kappa shape index (κ2) is 8.58. The number of para-hydroxylation sites is 1. The van der Waals surface area contributed by atoms with E-state index in [4.69, 9.17) is 27.6 Å². The summed E-state index contributed by atoms with van der Waals surface area (Å²) in [5.41, 5.74) is 0.889. The first-order valence-electron chi connectivity index (χ1n) is 8.86. The van der Waals surface area contributed by atoms with Gasteiger partial charge in [0.2, 0.25) is 0 Å². The third-order valence-electron chi connectivity index (χ3n) is 4.46. The Morgan fingerprint density at radius 1 is 1.06 bits per heavy atom. The smallest absolute Gasteiger partial charge is 0.293 e. The van der Waals surface area contributed by atoms with Gasteiger partial charge in [0.05, 0.1) is 32.0 Å². The Morgan fingerprint density at radius 2 is 1.84 bits per heavy atom. The van der Waals surface area contributed by atoms with Gasteiger partial charge in [0.25, 0.3) is 16.8 Å². The van der Waals surface area contributed by atoms with E-state index in [0.29, 0.717) is 26.9 Å². The minimum Gasteiger partial charge on any atom is -0.456 e. The number of hydrogen-bond acceptors (Lipinski definition) is 6. The molecule has 0 unspecified atom stereocenters. The van der Waals surface area contributed by atoms with E-state index in [1.54, 1.807) is 48.5 Å². The van der Waals surface area contributed by atoms with Crippen LogP contribution in [-0.2, 0) is 11.3 Å². The standard InChI is InChI=1S/C21H12Cl2N2O5S/c22-15-7-5-12(9-16(15)23)11-24-20(26)19(31-21(24)27)10-13-6-8-18(30-13)14-3-1-2-4-17(14)25(28)29/h1-10H,11H2/b19-10+. The van der Waals surface area contributed by atoms with E-state index < -0.39 is 16.1 Å². The number of nitro groups is 1. The van der Waals surface area contributed by atoms with Crippen LogP contribution in [0.5, 0.6) is 0 Å². The zero-order chi connectivity index (χ0) is 22.1. The average molecular weight is 475 g/mol. The van der Waals surface area contributed by atoms with Crippen molar-refractivity contribution in [2.24, 2.45) is 0 Å². The number of nitro benzene ring substituents is 1. The van der Waals surface area contributed by atoms with Crippen LogP contribution in [0.15, 0.2) is 63.9 Å². The Morgan fingerprint density at radius 3 is 2.58 bits per heavy atom. The lowest BCUT2D eigenvalue weighted by atomic mass is 10.1. The molecule has 156 valence electrons. The molecule has 0 radical (unpaired) electrons. The maximum atomic E-state index is 12.7. The molecule has 0 spiro atoms. The summed E-state index contributed by atoms with van der Waals surface area (Å²) in [6.45, 7) is 0.0541. The number of rotatable bonds is 5. The molecule has 1 saturated heterocycles. The molecule has 0 atom stereocenters. The number of furan rings is 1. The van der Waals surface area contributed by atoms with E-state index in [0.717, 1.165) is 16.7 Å². The Labute approximate surface area is 190 Å². The van der Waals surface area contributed by atoms with Crippen LogP contribution in [0.1, 0.15) is 11.3 Å². The third-order valence-corrected chi connectivity index (χ3v) is 6.11. The fourth-order valence-corrected chi connectivity index (χ4v) is 4.14. The molecule has 2 heterocycles. The van der Waals surface area contributed by atoms with Gasteiger partial charge in [-0.25, -0.2) is 0 Å². The summed E-state index contributed by atoms with van der Waals surface area (Å²) in [7, 11) is 0. The normalized spacial score (nSPS) is 15.2. The molecule has 1 aliphatic heterocycles. The fourth-order valence-electron chi connectivity index (χ4n) is 3.00. The molecule has 1 fully saturated rings. The number of imide groups is 1. The van der Waals surface area contributed by atoms with Crippen LogP contribution in [0.3, 0.4) is 0 Å². The van der Waals surface area contributed by atoms with Crippen LogP contribution in [0.2, 0.25) is 10.0 Å². The van der Waals surface area contributed by atoms with Crippen LogP contribution < -0.4 is 0 Å². The van der Waals surface area contributed by atoms with Crippen molar-refractivity contribution in [1.29, 1.82) is 0 Å². The molecule has 0 aliphatic carbocycles. The molecule has 1 aliphatic rings. The molecule has 2 amide bonds. The van der Waals surface area contributed by atoms with Crippen LogP contribution in [0.25, 0.3) is 17.4 Å². The van der Waals surface area contributed by atoms with E-state index in [2.05, 4.69) is 0 Å². The second-order valence-corrected chi connectivity index (χ2v) is 8.30. The van der Waals surface area contributed by atoms with Crippen molar-refractivity contribution >= 4 is 57.9 Å². The van der Waals surface area contributed by atoms with Gasteiger partial charge in [-0.15, -0.1) is 0 Å². The number of benzene rings is 2. The lowest BCUT2D eigenvalue weighted by Crippen LogP contribution is -2.27. The zero-order valence-electron chi connectivity index (χ0n) is 15.6. The van der Waals surface area contributed by atoms with E-state index in [9.17, 15) is 19.7 Å². The predicted molar refractivity (Wildman–Crippen MR) is 119 cm³/mol. The highest BCUT2D eigenvalue weighted by Gasteiger charge is 2.35. The van der Waals surface area contributed by atoms with Gasteiger partial charge in [-0.05, 0) is 47.7 Å².